The van der Waals surface area contributed by atoms with Gasteiger partial charge in [0.2, 0.25) is 5.95 Å². The van der Waals surface area contributed by atoms with Gasteiger partial charge in [0.1, 0.15) is 5.76 Å². The van der Waals surface area contributed by atoms with E-state index in [0.717, 1.165) is 42.5 Å². The van der Waals surface area contributed by atoms with Crippen molar-refractivity contribution in [2.45, 2.75) is 33.7 Å². The summed E-state index contributed by atoms with van der Waals surface area (Å²) < 4.78 is 7.23. The summed E-state index contributed by atoms with van der Waals surface area (Å²) in [4.78, 5) is 4.29. The van der Waals surface area contributed by atoms with Crippen molar-refractivity contribution in [3.8, 4) is 0 Å². The zero-order valence-corrected chi connectivity index (χ0v) is 10.5. The second-order valence-electron chi connectivity index (χ2n) is 4.11. The molecule has 2 heterocycles. The van der Waals surface area contributed by atoms with Crippen LogP contribution in [-0.2, 0) is 6.54 Å². The van der Waals surface area contributed by atoms with Crippen molar-refractivity contribution in [2.75, 3.05) is 11.9 Å². The first kappa shape index (κ1) is 11.7. The number of imidazole rings is 1. The fourth-order valence-corrected chi connectivity index (χ4v) is 1.74. The van der Waals surface area contributed by atoms with Crippen molar-refractivity contribution in [1.82, 2.24) is 14.7 Å². The molecule has 0 saturated carbocycles. The highest BCUT2D eigenvalue weighted by molar-refractivity contribution is 5.29. The van der Waals surface area contributed by atoms with Gasteiger partial charge in [0.05, 0.1) is 12.2 Å². The average molecular weight is 234 g/mol. The Morgan fingerprint density at radius 1 is 1.41 bits per heavy atom. The summed E-state index contributed by atoms with van der Waals surface area (Å²) in [6.45, 7) is 7.70. The molecule has 0 aromatic carbocycles. The van der Waals surface area contributed by atoms with E-state index >= 15 is 0 Å². The highest BCUT2D eigenvalue weighted by Crippen LogP contribution is 2.16. The van der Waals surface area contributed by atoms with E-state index in [0.29, 0.717) is 0 Å². The first-order valence-electron chi connectivity index (χ1n) is 5.89. The van der Waals surface area contributed by atoms with E-state index < -0.39 is 0 Å². The Balaban J connectivity index is 2.16. The van der Waals surface area contributed by atoms with E-state index in [2.05, 4.69) is 26.9 Å². The maximum atomic E-state index is 5.16. The summed E-state index contributed by atoms with van der Waals surface area (Å²) in [5.74, 6) is 1.77. The van der Waals surface area contributed by atoms with Crippen LogP contribution in [-0.4, -0.2) is 21.3 Å². The number of nitrogens with one attached hydrogen (secondary N) is 1. The summed E-state index contributed by atoms with van der Waals surface area (Å²) in [6, 6.07) is 0. The quantitative estimate of drug-likeness (QED) is 0.862. The second kappa shape index (κ2) is 5.03. The monoisotopic (exact) mass is 234 g/mol. The first-order chi connectivity index (χ1) is 8.22. The maximum Gasteiger partial charge on any atom is 0.203 e. The number of aromatic nitrogens is 3. The molecule has 0 bridgehead atoms. The molecule has 5 nitrogen and oxygen atoms in total. The lowest BCUT2D eigenvalue weighted by atomic mass is 10.2. The summed E-state index contributed by atoms with van der Waals surface area (Å²) in [5.41, 5.74) is 2.07. The number of hydrogen-bond donors (Lipinski definition) is 1. The smallest absolute Gasteiger partial charge is 0.203 e. The molecule has 0 amide bonds. The molecule has 1 N–H and O–H groups in total. The fraction of sp³-hybridized carbons (Fsp3) is 0.500. The van der Waals surface area contributed by atoms with Gasteiger partial charge >= 0.3 is 0 Å². The molecule has 0 aliphatic carbocycles. The van der Waals surface area contributed by atoms with Gasteiger partial charge in [0.25, 0.3) is 0 Å². The van der Waals surface area contributed by atoms with Gasteiger partial charge in [-0.25, -0.2) is 4.98 Å². The molecule has 0 aliphatic heterocycles. The normalized spacial score (nSPS) is 10.8. The molecule has 0 fully saturated rings. The Morgan fingerprint density at radius 2 is 2.24 bits per heavy atom. The molecular formula is C12H18N4O. The third-order valence-corrected chi connectivity index (χ3v) is 2.76. The average Bonchev–Trinajstić information content (AvgIpc) is 2.88. The predicted octanol–water partition coefficient (Wildman–Crippen LogP) is 2.36. The van der Waals surface area contributed by atoms with Crippen molar-refractivity contribution in [3.63, 3.8) is 0 Å². The molecule has 2 rings (SSSR count). The van der Waals surface area contributed by atoms with Crippen molar-refractivity contribution >= 4 is 5.95 Å². The predicted molar refractivity (Wildman–Crippen MR) is 66.1 cm³/mol. The highest BCUT2D eigenvalue weighted by Gasteiger charge is 2.11. The van der Waals surface area contributed by atoms with Crippen molar-refractivity contribution in [1.29, 1.82) is 0 Å². The standard InChI is InChI=1S/C12H18N4O/c1-4-5-13-12-14-6-7-16(12)8-11-9(2)15-17-10(11)3/h6-7H,4-5,8H2,1-3H3,(H,13,14). The van der Waals surface area contributed by atoms with E-state index in [1.54, 1.807) is 6.20 Å². The van der Waals surface area contributed by atoms with Gasteiger partial charge in [0.15, 0.2) is 0 Å². The summed E-state index contributed by atoms with van der Waals surface area (Å²) in [5, 5.41) is 7.25. The lowest BCUT2D eigenvalue weighted by molar-refractivity contribution is 0.392. The van der Waals surface area contributed by atoms with Crippen LogP contribution in [0, 0.1) is 13.8 Å². The molecule has 17 heavy (non-hydrogen) atoms. The molecule has 0 radical (unpaired) electrons. The van der Waals surface area contributed by atoms with Crippen LogP contribution in [0.15, 0.2) is 16.9 Å². The minimum absolute atomic E-state index is 0.743. The van der Waals surface area contributed by atoms with Crippen LogP contribution in [0.1, 0.15) is 30.4 Å². The summed E-state index contributed by atoms with van der Waals surface area (Å²) in [7, 11) is 0. The number of anilines is 1. The Labute approximate surface area is 101 Å². The Morgan fingerprint density at radius 3 is 2.88 bits per heavy atom. The van der Waals surface area contributed by atoms with Crippen LogP contribution >= 0.6 is 0 Å². The van der Waals surface area contributed by atoms with Crippen LogP contribution in [0.4, 0.5) is 5.95 Å². The number of rotatable bonds is 5. The first-order valence-corrected chi connectivity index (χ1v) is 5.89. The minimum Gasteiger partial charge on any atom is -0.361 e. The Hall–Kier alpha value is -1.78. The molecule has 2 aromatic rings. The Kier molecular flexibility index (Phi) is 3.46. The van der Waals surface area contributed by atoms with Crippen LogP contribution < -0.4 is 5.32 Å². The van der Waals surface area contributed by atoms with Gasteiger partial charge in [-0.1, -0.05) is 12.1 Å². The summed E-state index contributed by atoms with van der Waals surface area (Å²) >= 11 is 0. The third kappa shape index (κ3) is 2.49. The van der Waals surface area contributed by atoms with Crippen LogP contribution in [0.2, 0.25) is 0 Å². The van der Waals surface area contributed by atoms with E-state index in [1.807, 2.05) is 20.0 Å². The maximum absolute atomic E-state index is 5.16. The largest absolute Gasteiger partial charge is 0.361 e. The molecule has 0 atom stereocenters. The topological polar surface area (TPSA) is 55.9 Å². The third-order valence-electron chi connectivity index (χ3n) is 2.76. The number of hydrogen-bond acceptors (Lipinski definition) is 4. The van der Waals surface area contributed by atoms with E-state index in [9.17, 15) is 0 Å². The van der Waals surface area contributed by atoms with E-state index in [-0.39, 0.29) is 0 Å². The second-order valence-corrected chi connectivity index (χ2v) is 4.11. The van der Waals surface area contributed by atoms with Gasteiger partial charge in [-0.05, 0) is 20.3 Å². The van der Waals surface area contributed by atoms with Crippen molar-refractivity contribution < 1.29 is 4.52 Å². The summed E-state index contributed by atoms with van der Waals surface area (Å²) in [6.07, 6.45) is 4.85. The molecule has 0 aliphatic rings. The van der Waals surface area contributed by atoms with Crippen LogP contribution in [0.25, 0.3) is 0 Å². The van der Waals surface area contributed by atoms with Gasteiger partial charge in [-0.15, -0.1) is 0 Å². The molecule has 0 saturated heterocycles. The van der Waals surface area contributed by atoms with Crippen molar-refractivity contribution in [3.05, 3.63) is 29.4 Å². The zero-order chi connectivity index (χ0) is 12.3. The lowest BCUT2D eigenvalue weighted by Crippen LogP contribution is -2.09. The van der Waals surface area contributed by atoms with Crippen molar-refractivity contribution in [2.24, 2.45) is 0 Å². The number of aryl methyl sites for hydroxylation is 2. The molecule has 92 valence electrons. The van der Waals surface area contributed by atoms with Gasteiger partial charge in [-0.3, -0.25) is 0 Å². The van der Waals surface area contributed by atoms with E-state index in [1.165, 1.54) is 0 Å². The van der Waals surface area contributed by atoms with Gasteiger partial charge in [-0.2, -0.15) is 0 Å². The fourth-order valence-electron chi connectivity index (χ4n) is 1.74. The SMILES string of the molecule is CCCNc1nccn1Cc1c(C)noc1C. The van der Waals surface area contributed by atoms with Crippen LogP contribution in [0.5, 0.6) is 0 Å². The zero-order valence-electron chi connectivity index (χ0n) is 10.5. The van der Waals surface area contributed by atoms with Crippen LogP contribution in [0.3, 0.4) is 0 Å². The molecule has 0 spiro atoms. The van der Waals surface area contributed by atoms with Gasteiger partial charge in [0, 0.05) is 24.5 Å². The van der Waals surface area contributed by atoms with Gasteiger partial charge < -0.3 is 14.4 Å². The molecular weight excluding hydrogens is 216 g/mol. The van der Waals surface area contributed by atoms with E-state index in [4.69, 9.17) is 4.52 Å². The molecule has 0 unspecified atom stereocenters. The number of nitrogens with zero attached hydrogens (tertiary/aromatic N) is 3. The lowest BCUT2D eigenvalue weighted by Gasteiger charge is -2.08. The minimum atomic E-state index is 0.743. The Bertz CT molecular complexity index is 467. The molecule has 5 heteroatoms. The highest BCUT2D eigenvalue weighted by atomic mass is 16.5. The molecule has 2 aromatic heterocycles.